The zero-order chi connectivity index (χ0) is 15.2. The fraction of sp³-hybridized carbons (Fsp3) is 0.538. The van der Waals surface area contributed by atoms with Gasteiger partial charge in [-0.3, -0.25) is 4.57 Å². The Hall–Kier alpha value is -0.680. The van der Waals surface area contributed by atoms with E-state index in [2.05, 4.69) is 4.72 Å². The van der Waals surface area contributed by atoms with Crippen molar-refractivity contribution < 1.29 is 17.9 Å². The molecule has 20 heavy (non-hydrogen) atoms. The van der Waals surface area contributed by atoms with Gasteiger partial charge in [-0.2, -0.15) is 0 Å². The number of sulfonamides is 1. The number of hydrogen-bond acceptors (Lipinski definition) is 3. The van der Waals surface area contributed by atoms with Gasteiger partial charge in [0.1, 0.15) is 0 Å². The first-order chi connectivity index (χ1) is 9.27. The number of nitrogens with one attached hydrogen (secondary N) is 1. The molecule has 0 amide bonds. The minimum Gasteiger partial charge on any atom is -0.343 e. The highest BCUT2D eigenvalue weighted by molar-refractivity contribution is 7.89. The SMILES string of the molecule is CCCC(C)CP(=O)(O)CNS(=O)(=O)c1ccccc1. The Morgan fingerprint density at radius 2 is 1.90 bits per heavy atom. The lowest BCUT2D eigenvalue weighted by Crippen LogP contribution is -2.26. The van der Waals surface area contributed by atoms with Crippen molar-refractivity contribution in [1.82, 2.24) is 4.72 Å². The normalized spacial score (nSPS) is 16.6. The van der Waals surface area contributed by atoms with Crippen molar-refractivity contribution in [1.29, 1.82) is 0 Å². The Kier molecular flexibility index (Phi) is 6.40. The highest BCUT2D eigenvalue weighted by atomic mass is 32.2. The van der Waals surface area contributed by atoms with Crippen LogP contribution in [0, 0.1) is 5.92 Å². The second-order valence-electron chi connectivity index (χ2n) is 5.04. The molecule has 0 aromatic heterocycles. The molecule has 1 aromatic rings. The first kappa shape index (κ1) is 17.4. The van der Waals surface area contributed by atoms with E-state index in [9.17, 15) is 17.9 Å². The summed E-state index contributed by atoms with van der Waals surface area (Å²) in [6, 6.07) is 7.82. The van der Waals surface area contributed by atoms with E-state index in [1.54, 1.807) is 18.2 Å². The van der Waals surface area contributed by atoms with Gasteiger partial charge in [-0.15, -0.1) is 0 Å². The van der Waals surface area contributed by atoms with Crippen molar-refractivity contribution in [2.45, 2.75) is 31.6 Å². The van der Waals surface area contributed by atoms with Gasteiger partial charge in [0.15, 0.2) is 0 Å². The van der Waals surface area contributed by atoms with Gasteiger partial charge in [-0.25, -0.2) is 13.1 Å². The molecule has 0 heterocycles. The number of hydrogen-bond donors (Lipinski definition) is 2. The first-order valence-electron chi connectivity index (χ1n) is 6.62. The van der Waals surface area contributed by atoms with Gasteiger partial charge in [0.05, 0.1) is 11.2 Å². The van der Waals surface area contributed by atoms with E-state index in [0.717, 1.165) is 12.8 Å². The molecule has 0 aliphatic rings. The van der Waals surface area contributed by atoms with Gasteiger partial charge in [-0.1, -0.05) is 44.9 Å². The summed E-state index contributed by atoms with van der Waals surface area (Å²) in [6.45, 7) is 3.91. The number of benzene rings is 1. The zero-order valence-corrected chi connectivity index (χ0v) is 13.5. The lowest BCUT2D eigenvalue weighted by molar-refractivity contribution is 0.455. The Balaban J connectivity index is 2.64. The monoisotopic (exact) mass is 319 g/mol. The summed E-state index contributed by atoms with van der Waals surface area (Å²) in [5.41, 5.74) is 0. The van der Waals surface area contributed by atoms with E-state index in [-0.39, 0.29) is 17.0 Å². The van der Waals surface area contributed by atoms with Gasteiger partial charge < -0.3 is 4.89 Å². The van der Waals surface area contributed by atoms with Crippen molar-refractivity contribution in [3.63, 3.8) is 0 Å². The maximum atomic E-state index is 12.0. The highest BCUT2D eigenvalue weighted by Crippen LogP contribution is 2.42. The molecular weight excluding hydrogens is 297 g/mol. The zero-order valence-electron chi connectivity index (χ0n) is 11.8. The molecule has 0 saturated heterocycles. The Morgan fingerprint density at radius 3 is 2.45 bits per heavy atom. The molecule has 1 rings (SSSR count). The summed E-state index contributed by atoms with van der Waals surface area (Å²) in [6.07, 6.45) is 1.52. The molecule has 0 aliphatic heterocycles. The van der Waals surface area contributed by atoms with Crippen LogP contribution in [0.3, 0.4) is 0 Å². The van der Waals surface area contributed by atoms with Crippen molar-refractivity contribution >= 4 is 17.4 Å². The highest BCUT2D eigenvalue weighted by Gasteiger charge is 2.24. The summed E-state index contributed by atoms with van der Waals surface area (Å²) in [5, 5.41) is 0. The second kappa shape index (κ2) is 7.36. The van der Waals surface area contributed by atoms with E-state index in [1.807, 2.05) is 13.8 Å². The maximum absolute atomic E-state index is 12.0. The molecule has 0 radical (unpaired) electrons. The van der Waals surface area contributed by atoms with Crippen LogP contribution in [0.25, 0.3) is 0 Å². The molecule has 0 saturated carbocycles. The standard InChI is InChI=1S/C13H22NO4PS/c1-3-7-12(2)10-19(15,16)11-14-20(17,18)13-8-5-4-6-9-13/h4-6,8-9,12,14H,3,7,10-11H2,1-2H3,(H,15,16). The van der Waals surface area contributed by atoms with Gasteiger partial charge in [0.25, 0.3) is 0 Å². The molecular formula is C13H22NO4PS. The van der Waals surface area contributed by atoms with Gasteiger partial charge in [0.2, 0.25) is 17.4 Å². The van der Waals surface area contributed by atoms with E-state index in [0.29, 0.717) is 0 Å². The van der Waals surface area contributed by atoms with E-state index >= 15 is 0 Å². The third kappa shape index (κ3) is 5.75. The molecule has 0 aliphatic carbocycles. The molecule has 2 unspecified atom stereocenters. The average Bonchev–Trinajstić information content (AvgIpc) is 2.37. The fourth-order valence-corrected chi connectivity index (χ4v) is 5.46. The molecule has 1 aromatic carbocycles. The first-order valence-corrected chi connectivity index (χ1v) is 10.1. The number of rotatable bonds is 8. The van der Waals surface area contributed by atoms with Gasteiger partial charge in [-0.05, 0) is 18.1 Å². The summed E-state index contributed by atoms with van der Waals surface area (Å²) >= 11 is 0. The molecule has 2 N–H and O–H groups in total. The van der Waals surface area contributed by atoms with Crippen LogP contribution in [-0.2, 0) is 14.6 Å². The Labute approximate surface area is 120 Å². The maximum Gasteiger partial charge on any atom is 0.241 e. The molecule has 114 valence electrons. The van der Waals surface area contributed by atoms with Crippen molar-refractivity contribution in [3.05, 3.63) is 30.3 Å². The third-order valence-corrected chi connectivity index (χ3v) is 6.41. The minimum atomic E-state index is -3.72. The van der Waals surface area contributed by atoms with Crippen LogP contribution < -0.4 is 4.72 Å². The van der Waals surface area contributed by atoms with Gasteiger partial charge >= 0.3 is 0 Å². The van der Waals surface area contributed by atoms with Crippen LogP contribution >= 0.6 is 7.37 Å². The quantitative estimate of drug-likeness (QED) is 0.722. The largest absolute Gasteiger partial charge is 0.343 e. The summed E-state index contributed by atoms with van der Waals surface area (Å²) in [7, 11) is -7.21. The lowest BCUT2D eigenvalue weighted by atomic mass is 10.1. The van der Waals surface area contributed by atoms with Crippen LogP contribution in [0.5, 0.6) is 0 Å². The fourth-order valence-electron chi connectivity index (χ4n) is 2.00. The van der Waals surface area contributed by atoms with Crippen molar-refractivity contribution in [2.24, 2.45) is 5.92 Å². The third-order valence-electron chi connectivity index (χ3n) is 2.93. The molecule has 5 nitrogen and oxygen atoms in total. The molecule has 0 bridgehead atoms. The smallest absolute Gasteiger partial charge is 0.241 e. The average molecular weight is 319 g/mol. The Bertz CT molecular complexity index is 559. The Morgan fingerprint density at radius 1 is 1.30 bits per heavy atom. The molecule has 7 heteroatoms. The van der Waals surface area contributed by atoms with Crippen LogP contribution in [0.15, 0.2) is 35.2 Å². The van der Waals surface area contributed by atoms with Crippen LogP contribution in [-0.4, -0.2) is 25.8 Å². The van der Waals surface area contributed by atoms with Crippen LogP contribution in [0.4, 0.5) is 0 Å². The van der Waals surface area contributed by atoms with Crippen LogP contribution in [0.2, 0.25) is 0 Å². The second-order valence-corrected chi connectivity index (χ2v) is 9.18. The molecule has 0 fully saturated rings. The summed E-state index contributed by atoms with van der Waals surface area (Å²) < 4.78 is 38.1. The van der Waals surface area contributed by atoms with E-state index < -0.39 is 23.7 Å². The summed E-state index contributed by atoms with van der Waals surface area (Å²) in [4.78, 5) is 9.95. The predicted molar refractivity (Wildman–Crippen MR) is 80.4 cm³/mol. The molecule has 0 spiro atoms. The van der Waals surface area contributed by atoms with E-state index in [4.69, 9.17) is 0 Å². The minimum absolute atomic E-state index is 0.0987. The van der Waals surface area contributed by atoms with Gasteiger partial charge in [0, 0.05) is 6.16 Å². The lowest BCUT2D eigenvalue weighted by Gasteiger charge is -2.17. The molecule has 2 atom stereocenters. The van der Waals surface area contributed by atoms with Crippen LogP contribution in [0.1, 0.15) is 26.7 Å². The van der Waals surface area contributed by atoms with Crippen molar-refractivity contribution in [2.75, 3.05) is 12.4 Å². The topological polar surface area (TPSA) is 83.5 Å². The summed E-state index contributed by atoms with van der Waals surface area (Å²) in [5.74, 6) is 0.108. The predicted octanol–water partition coefficient (Wildman–Crippen LogP) is 2.63. The van der Waals surface area contributed by atoms with Crippen molar-refractivity contribution in [3.8, 4) is 0 Å². The van der Waals surface area contributed by atoms with E-state index in [1.165, 1.54) is 12.1 Å².